The molecular formula is C16H17N3O3. The molecule has 0 atom stereocenters. The summed E-state index contributed by atoms with van der Waals surface area (Å²) >= 11 is 0. The Morgan fingerprint density at radius 2 is 2.14 bits per heavy atom. The van der Waals surface area contributed by atoms with Crippen LogP contribution in [0.2, 0.25) is 0 Å². The number of benzene rings is 1. The van der Waals surface area contributed by atoms with Crippen molar-refractivity contribution >= 4 is 27.9 Å². The van der Waals surface area contributed by atoms with Crippen molar-refractivity contribution in [1.82, 2.24) is 14.5 Å². The number of nitrogens with zero attached hydrogens (tertiary/aromatic N) is 3. The maximum atomic E-state index is 11.6. The first-order valence-corrected chi connectivity index (χ1v) is 7.17. The highest BCUT2D eigenvalue weighted by molar-refractivity contribution is 6.04. The summed E-state index contributed by atoms with van der Waals surface area (Å²) in [6.45, 7) is 0.979. The number of pyridine rings is 1. The monoisotopic (exact) mass is 299 g/mol. The van der Waals surface area contributed by atoms with Crippen LogP contribution in [0.3, 0.4) is 0 Å². The second kappa shape index (κ2) is 6.11. The number of esters is 1. The Balaban J connectivity index is 2.09. The maximum Gasteiger partial charge on any atom is 0.337 e. The average molecular weight is 299 g/mol. The van der Waals surface area contributed by atoms with Gasteiger partial charge in [0.2, 0.25) is 0 Å². The van der Waals surface area contributed by atoms with Crippen LogP contribution in [0.1, 0.15) is 23.2 Å². The van der Waals surface area contributed by atoms with E-state index in [0.717, 1.165) is 41.3 Å². The molecule has 3 rings (SSSR count). The number of methoxy groups -OCH3 is 1. The molecule has 0 saturated carbocycles. The lowest BCUT2D eigenvalue weighted by molar-refractivity contribution is 0.0601. The predicted octanol–water partition coefficient (Wildman–Crippen LogP) is 2.14. The van der Waals surface area contributed by atoms with Crippen molar-refractivity contribution in [2.24, 2.45) is 0 Å². The van der Waals surface area contributed by atoms with Gasteiger partial charge in [-0.25, -0.2) is 9.78 Å². The Kier molecular flexibility index (Phi) is 4.02. The number of ether oxygens (including phenoxy) is 1. The molecule has 1 N–H and O–H groups in total. The van der Waals surface area contributed by atoms with E-state index >= 15 is 0 Å². The van der Waals surface area contributed by atoms with Gasteiger partial charge in [0, 0.05) is 18.5 Å². The third-order valence-electron chi connectivity index (χ3n) is 3.67. The Morgan fingerprint density at radius 1 is 1.27 bits per heavy atom. The van der Waals surface area contributed by atoms with E-state index < -0.39 is 0 Å². The van der Waals surface area contributed by atoms with Gasteiger partial charge in [0.25, 0.3) is 0 Å². The summed E-state index contributed by atoms with van der Waals surface area (Å²) in [5.74, 6) is -0.375. The molecule has 0 spiro atoms. The third-order valence-corrected chi connectivity index (χ3v) is 3.67. The van der Waals surface area contributed by atoms with E-state index in [4.69, 9.17) is 9.84 Å². The van der Waals surface area contributed by atoms with Gasteiger partial charge in [-0.2, -0.15) is 0 Å². The fraction of sp³-hybridized carbons (Fsp3) is 0.312. The predicted molar refractivity (Wildman–Crippen MR) is 82.7 cm³/mol. The number of hydrogen-bond acceptors (Lipinski definition) is 5. The summed E-state index contributed by atoms with van der Waals surface area (Å²) in [4.78, 5) is 20.4. The van der Waals surface area contributed by atoms with Gasteiger partial charge < -0.3 is 14.4 Å². The Hall–Kier alpha value is -2.47. The molecule has 2 aromatic heterocycles. The van der Waals surface area contributed by atoms with Gasteiger partial charge in [-0.3, -0.25) is 4.98 Å². The minimum Gasteiger partial charge on any atom is -0.465 e. The van der Waals surface area contributed by atoms with E-state index in [9.17, 15) is 4.79 Å². The van der Waals surface area contributed by atoms with Gasteiger partial charge in [0.05, 0.1) is 36.2 Å². The molecule has 114 valence electrons. The third kappa shape index (κ3) is 2.53. The molecule has 0 amide bonds. The molecular weight excluding hydrogens is 282 g/mol. The normalized spacial score (nSPS) is 11.2. The van der Waals surface area contributed by atoms with Crippen molar-refractivity contribution in [1.29, 1.82) is 0 Å². The molecule has 2 heterocycles. The van der Waals surface area contributed by atoms with Crippen molar-refractivity contribution in [2.75, 3.05) is 13.7 Å². The zero-order valence-electron chi connectivity index (χ0n) is 12.3. The summed E-state index contributed by atoms with van der Waals surface area (Å²) in [6.07, 6.45) is 5.14. The van der Waals surface area contributed by atoms with Crippen molar-refractivity contribution in [2.45, 2.75) is 19.4 Å². The second-order valence-electron chi connectivity index (χ2n) is 5.08. The van der Waals surface area contributed by atoms with Crippen LogP contribution in [-0.4, -0.2) is 39.3 Å². The van der Waals surface area contributed by atoms with Gasteiger partial charge in [0.1, 0.15) is 5.52 Å². The largest absolute Gasteiger partial charge is 0.465 e. The molecule has 3 aromatic rings. The first-order valence-electron chi connectivity index (χ1n) is 7.17. The summed E-state index contributed by atoms with van der Waals surface area (Å²) in [7, 11) is 1.36. The number of carbonyl (C=O) groups is 1. The van der Waals surface area contributed by atoms with Crippen LogP contribution in [0.4, 0.5) is 0 Å². The summed E-state index contributed by atoms with van der Waals surface area (Å²) in [5.41, 5.74) is 3.04. The molecule has 0 bridgehead atoms. The van der Waals surface area contributed by atoms with Crippen molar-refractivity contribution in [3.63, 3.8) is 0 Å². The lowest BCUT2D eigenvalue weighted by Crippen LogP contribution is -2.02. The fourth-order valence-electron chi connectivity index (χ4n) is 2.56. The number of rotatable bonds is 5. The number of aliphatic hydroxyl groups is 1. The van der Waals surface area contributed by atoms with Gasteiger partial charge in [-0.1, -0.05) is 0 Å². The van der Waals surface area contributed by atoms with Crippen LogP contribution in [-0.2, 0) is 11.3 Å². The zero-order valence-corrected chi connectivity index (χ0v) is 12.3. The van der Waals surface area contributed by atoms with Gasteiger partial charge in [-0.05, 0) is 31.0 Å². The van der Waals surface area contributed by atoms with Crippen molar-refractivity contribution < 1.29 is 14.6 Å². The SMILES string of the molecule is COC(=O)c1ccc2c(c1)ncc1ncn(CCCCO)c12. The molecule has 0 aliphatic rings. The van der Waals surface area contributed by atoms with Gasteiger partial charge >= 0.3 is 5.97 Å². The van der Waals surface area contributed by atoms with Crippen LogP contribution in [0, 0.1) is 0 Å². The number of aromatic nitrogens is 3. The highest BCUT2D eigenvalue weighted by Crippen LogP contribution is 2.24. The van der Waals surface area contributed by atoms with E-state index in [1.807, 2.05) is 6.07 Å². The number of carbonyl (C=O) groups excluding carboxylic acids is 1. The standard InChI is InChI=1S/C16H17N3O3/c1-22-16(21)11-4-5-12-13(8-11)17-9-14-15(12)19(10-18-14)6-2-3-7-20/h4-5,8-10,20H,2-3,6-7H2,1H3. The highest BCUT2D eigenvalue weighted by Gasteiger charge is 2.11. The molecule has 0 radical (unpaired) electrons. The first-order chi connectivity index (χ1) is 10.7. The number of imidazole rings is 1. The number of aryl methyl sites for hydroxylation is 1. The first kappa shape index (κ1) is 14.5. The average Bonchev–Trinajstić information content (AvgIpc) is 2.97. The number of fused-ring (bicyclic) bond motifs is 3. The van der Waals surface area contributed by atoms with E-state index in [1.54, 1.807) is 24.7 Å². The van der Waals surface area contributed by atoms with E-state index in [2.05, 4.69) is 14.5 Å². The smallest absolute Gasteiger partial charge is 0.337 e. The van der Waals surface area contributed by atoms with Crippen LogP contribution >= 0.6 is 0 Å². The minimum absolute atomic E-state index is 0.192. The second-order valence-corrected chi connectivity index (χ2v) is 5.08. The lowest BCUT2D eigenvalue weighted by Gasteiger charge is -2.07. The molecule has 0 unspecified atom stereocenters. The summed E-state index contributed by atoms with van der Waals surface area (Å²) < 4.78 is 6.80. The quantitative estimate of drug-likeness (QED) is 0.577. The topological polar surface area (TPSA) is 77.2 Å². The lowest BCUT2D eigenvalue weighted by atomic mass is 10.1. The number of hydrogen-bond donors (Lipinski definition) is 1. The number of aliphatic hydroxyl groups excluding tert-OH is 1. The van der Waals surface area contributed by atoms with E-state index in [1.165, 1.54) is 7.11 Å². The summed E-state index contributed by atoms with van der Waals surface area (Å²) in [5, 5.41) is 9.86. The molecule has 0 aliphatic heterocycles. The van der Waals surface area contributed by atoms with Gasteiger partial charge in [0.15, 0.2) is 0 Å². The van der Waals surface area contributed by atoms with Crippen molar-refractivity contribution in [3.05, 3.63) is 36.3 Å². The molecule has 6 nitrogen and oxygen atoms in total. The molecule has 6 heteroatoms. The number of unbranched alkanes of at least 4 members (excludes halogenated alkanes) is 1. The maximum absolute atomic E-state index is 11.6. The van der Waals surface area contributed by atoms with E-state index in [0.29, 0.717) is 5.56 Å². The molecule has 1 aromatic carbocycles. The Bertz CT molecular complexity index is 826. The van der Waals surface area contributed by atoms with Crippen LogP contribution in [0.5, 0.6) is 0 Å². The van der Waals surface area contributed by atoms with Crippen LogP contribution in [0.15, 0.2) is 30.7 Å². The molecule has 0 fully saturated rings. The van der Waals surface area contributed by atoms with Crippen LogP contribution < -0.4 is 0 Å². The molecule has 0 aliphatic carbocycles. The summed E-state index contributed by atoms with van der Waals surface area (Å²) in [6, 6.07) is 5.34. The van der Waals surface area contributed by atoms with Crippen molar-refractivity contribution in [3.8, 4) is 0 Å². The fourth-order valence-corrected chi connectivity index (χ4v) is 2.56. The van der Waals surface area contributed by atoms with E-state index in [-0.39, 0.29) is 12.6 Å². The zero-order chi connectivity index (χ0) is 15.5. The Labute approximate surface area is 127 Å². The minimum atomic E-state index is -0.375. The Morgan fingerprint density at radius 3 is 2.91 bits per heavy atom. The molecule has 0 saturated heterocycles. The van der Waals surface area contributed by atoms with Gasteiger partial charge in [-0.15, -0.1) is 0 Å². The molecule has 22 heavy (non-hydrogen) atoms. The highest BCUT2D eigenvalue weighted by atomic mass is 16.5. The van der Waals surface area contributed by atoms with Crippen LogP contribution in [0.25, 0.3) is 21.9 Å².